The number of primary amides is 1. The Morgan fingerprint density at radius 1 is 0.909 bits per heavy atom. The van der Waals surface area contributed by atoms with Crippen molar-refractivity contribution >= 4 is 28.5 Å². The Morgan fingerprint density at radius 2 is 1.58 bits per heavy atom. The minimum atomic E-state index is -0.553. The molecule has 0 aliphatic heterocycles. The molecule has 166 valence electrons. The van der Waals surface area contributed by atoms with Gasteiger partial charge in [-0.1, -0.05) is 74.0 Å². The maximum absolute atomic E-state index is 12.8. The van der Waals surface area contributed by atoms with Crippen LogP contribution in [-0.2, 0) is 0 Å². The van der Waals surface area contributed by atoms with Crippen molar-refractivity contribution in [3.63, 3.8) is 0 Å². The van der Waals surface area contributed by atoms with E-state index >= 15 is 0 Å². The predicted molar refractivity (Wildman–Crippen MR) is 133 cm³/mol. The highest BCUT2D eigenvalue weighted by Gasteiger charge is 2.21. The topological polar surface area (TPSA) is 97.1 Å². The van der Waals surface area contributed by atoms with Crippen LogP contribution >= 0.6 is 0 Å². The zero-order chi connectivity index (χ0) is 23.2. The fourth-order valence-corrected chi connectivity index (χ4v) is 3.84. The Hall–Kier alpha value is -4.19. The van der Waals surface area contributed by atoms with Crippen LogP contribution in [0.5, 0.6) is 0 Å². The molecule has 0 aliphatic rings. The zero-order valence-corrected chi connectivity index (χ0v) is 18.5. The molecule has 0 radical (unpaired) electrons. The smallest absolute Gasteiger partial charge is 0.319 e. The number of nitrogens with two attached hydrogens (primary N) is 1. The second-order valence-corrected chi connectivity index (χ2v) is 7.77. The summed E-state index contributed by atoms with van der Waals surface area (Å²) < 4.78 is 0. The van der Waals surface area contributed by atoms with Crippen LogP contribution in [0, 0.1) is 0 Å². The quantitative estimate of drug-likeness (QED) is 0.328. The number of urea groups is 1. The summed E-state index contributed by atoms with van der Waals surface area (Å²) in [5.41, 5.74) is 10.6. The number of carbonyl (C=O) groups excluding carboxylic acids is 2. The Kier molecular flexibility index (Phi) is 6.64. The fraction of sp³-hybridized carbons (Fsp3) is 0.148. The van der Waals surface area contributed by atoms with Crippen LogP contribution in [0.2, 0.25) is 0 Å². The first-order chi connectivity index (χ1) is 16.1. The summed E-state index contributed by atoms with van der Waals surface area (Å²) in [6.45, 7) is 2.66. The van der Waals surface area contributed by atoms with Gasteiger partial charge in [0.05, 0.1) is 16.8 Å². The molecule has 1 aromatic heterocycles. The molecule has 0 aliphatic carbocycles. The molecule has 33 heavy (non-hydrogen) atoms. The van der Waals surface area contributed by atoms with E-state index in [2.05, 4.69) is 17.6 Å². The summed E-state index contributed by atoms with van der Waals surface area (Å²) in [6, 6.07) is 24.4. The van der Waals surface area contributed by atoms with Crippen LogP contribution in [0.3, 0.4) is 0 Å². The second kappa shape index (κ2) is 9.96. The predicted octanol–water partition coefficient (Wildman–Crippen LogP) is 5.59. The largest absolute Gasteiger partial charge is 0.366 e. The zero-order valence-electron chi connectivity index (χ0n) is 18.5. The molecule has 1 heterocycles. The molecule has 0 saturated heterocycles. The summed E-state index contributed by atoms with van der Waals surface area (Å²) in [7, 11) is 0. The van der Waals surface area contributed by atoms with Crippen molar-refractivity contribution in [2.24, 2.45) is 5.73 Å². The molecule has 6 heteroatoms. The third kappa shape index (κ3) is 4.85. The van der Waals surface area contributed by atoms with Gasteiger partial charge in [0.25, 0.3) is 0 Å². The summed E-state index contributed by atoms with van der Waals surface area (Å²) in [6.07, 6.45) is 1.90. The van der Waals surface area contributed by atoms with Gasteiger partial charge in [-0.25, -0.2) is 9.78 Å². The highest BCUT2D eigenvalue weighted by atomic mass is 16.2. The van der Waals surface area contributed by atoms with Gasteiger partial charge in [-0.2, -0.15) is 0 Å². The van der Waals surface area contributed by atoms with Crippen LogP contribution in [0.25, 0.3) is 33.3 Å². The Morgan fingerprint density at radius 3 is 2.21 bits per heavy atom. The molecular formula is C27H26N4O2. The van der Waals surface area contributed by atoms with Crippen molar-refractivity contribution in [2.75, 3.05) is 11.9 Å². The van der Waals surface area contributed by atoms with E-state index in [4.69, 9.17) is 10.7 Å². The van der Waals surface area contributed by atoms with Crippen molar-refractivity contribution in [1.29, 1.82) is 0 Å². The molecule has 0 unspecified atom stereocenters. The molecule has 0 saturated carbocycles. The van der Waals surface area contributed by atoms with Crippen molar-refractivity contribution in [1.82, 2.24) is 10.3 Å². The number of nitrogens with one attached hydrogen (secondary N) is 2. The molecule has 3 aromatic carbocycles. The molecule has 0 fully saturated rings. The van der Waals surface area contributed by atoms with Gasteiger partial charge in [0.2, 0.25) is 5.91 Å². The van der Waals surface area contributed by atoms with Crippen molar-refractivity contribution in [3.05, 3.63) is 84.4 Å². The molecule has 3 amide bonds. The maximum Gasteiger partial charge on any atom is 0.319 e. The van der Waals surface area contributed by atoms with Gasteiger partial charge >= 0.3 is 6.03 Å². The number of benzene rings is 3. The standard InChI is InChI=1S/C27H26N4O2/c1-2-3-16-29-27(33)30-20-14-15-22-21(17-20)24(26(28)32)23(18-10-6-4-7-11-18)25(31-22)19-12-8-5-9-13-19/h4-15,17H,2-3,16H2,1H3,(H2,28,32)(H2,29,30,33). The van der Waals surface area contributed by atoms with Crippen molar-refractivity contribution in [2.45, 2.75) is 19.8 Å². The molecular weight excluding hydrogens is 412 g/mol. The minimum absolute atomic E-state index is 0.291. The second-order valence-electron chi connectivity index (χ2n) is 7.77. The van der Waals surface area contributed by atoms with E-state index in [-0.39, 0.29) is 6.03 Å². The number of fused-ring (bicyclic) bond motifs is 1. The Bertz CT molecular complexity index is 1290. The van der Waals surface area contributed by atoms with Gasteiger partial charge in [0.1, 0.15) is 0 Å². The van der Waals surface area contributed by atoms with E-state index in [1.165, 1.54) is 0 Å². The van der Waals surface area contributed by atoms with Crippen molar-refractivity contribution < 1.29 is 9.59 Å². The Balaban J connectivity index is 1.90. The number of unbranched alkanes of at least 4 members (excludes halogenated alkanes) is 1. The third-order valence-electron chi connectivity index (χ3n) is 5.41. The monoisotopic (exact) mass is 438 g/mol. The highest BCUT2D eigenvalue weighted by Crippen LogP contribution is 2.38. The van der Waals surface area contributed by atoms with Gasteiger partial charge in [0, 0.05) is 28.7 Å². The summed E-state index contributed by atoms with van der Waals surface area (Å²) in [4.78, 5) is 29.9. The van der Waals surface area contributed by atoms with Crippen LogP contribution in [0.15, 0.2) is 78.9 Å². The minimum Gasteiger partial charge on any atom is -0.366 e. The van der Waals surface area contributed by atoms with Gasteiger partial charge in [-0.05, 0) is 30.2 Å². The molecule has 0 spiro atoms. The first-order valence-electron chi connectivity index (χ1n) is 11.0. The number of aromatic nitrogens is 1. The lowest BCUT2D eigenvalue weighted by Crippen LogP contribution is -2.29. The van der Waals surface area contributed by atoms with E-state index in [0.717, 1.165) is 24.0 Å². The molecule has 4 N–H and O–H groups in total. The molecule has 6 nitrogen and oxygen atoms in total. The van der Waals surface area contributed by atoms with E-state index in [1.807, 2.05) is 60.7 Å². The van der Waals surface area contributed by atoms with E-state index in [1.54, 1.807) is 18.2 Å². The molecule has 4 aromatic rings. The number of amides is 3. The number of carbonyl (C=O) groups is 2. The lowest BCUT2D eigenvalue weighted by atomic mass is 9.91. The summed E-state index contributed by atoms with van der Waals surface area (Å²) in [5.74, 6) is -0.553. The number of rotatable bonds is 7. The first-order valence-corrected chi connectivity index (χ1v) is 11.0. The highest BCUT2D eigenvalue weighted by molar-refractivity contribution is 6.14. The SMILES string of the molecule is CCCCNC(=O)Nc1ccc2nc(-c3ccccc3)c(-c3ccccc3)c(C(N)=O)c2c1. The van der Waals surface area contributed by atoms with Crippen LogP contribution in [-0.4, -0.2) is 23.5 Å². The van der Waals surface area contributed by atoms with Gasteiger partial charge in [0.15, 0.2) is 0 Å². The number of hydrogen-bond donors (Lipinski definition) is 3. The lowest BCUT2D eigenvalue weighted by Gasteiger charge is -2.17. The van der Waals surface area contributed by atoms with Gasteiger partial charge in [-0.15, -0.1) is 0 Å². The summed E-state index contributed by atoms with van der Waals surface area (Å²) in [5, 5.41) is 6.25. The van der Waals surface area contributed by atoms with Gasteiger partial charge < -0.3 is 16.4 Å². The third-order valence-corrected chi connectivity index (χ3v) is 5.41. The van der Waals surface area contributed by atoms with Crippen molar-refractivity contribution in [3.8, 4) is 22.4 Å². The van der Waals surface area contributed by atoms with E-state index in [0.29, 0.717) is 40.0 Å². The number of hydrogen-bond acceptors (Lipinski definition) is 3. The lowest BCUT2D eigenvalue weighted by molar-refractivity contribution is 0.100. The average Bonchev–Trinajstić information content (AvgIpc) is 2.84. The van der Waals surface area contributed by atoms with Crippen LogP contribution < -0.4 is 16.4 Å². The normalized spacial score (nSPS) is 10.7. The fourth-order valence-electron chi connectivity index (χ4n) is 3.84. The molecule has 4 rings (SSSR count). The summed E-state index contributed by atoms with van der Waals surface area (Å²) >= 11 is 0. The van der Waals surface area contributed by atoms with Crippen LogP contribution in [0.1, 0.15) is 30.1 Å². The molecule has 0 bridgehead atoms. The molecule has 0 atom stereocenters. The Labute approximate surface area is 192 Å². The number of nitrogens with zero attached hydrogens (tertiary/aromatic N) is 1. The first kappa shape index (κ1) is 22.0. The average molecular weight is 439 g/mol. The van der Waals surface area contributed by atoms with Crippen LogP contribution in [0.4, 0.5) is 10.5 Å². The maximum atomic E-state index is 12.8. The van der Waals surface area contributed by atoms with Gasteiger partial charge in [-0.3, -0.25) is 4.79 Å². The van der Waals surface area contributed by atoms with E-state index < -0.39 is 5.91 Å². The van der Waals surface area contributed by atoms with E-state index in [9.17, 15) is 9.59 Å². The number of pyridine rings is 1. The number of anilines is 1.